The van der Waals surface area contributed by atoms with Gasteiger partial charge in [0, 0.05) is 0 Å². The molecule has 0 spiro atoms. The van der Waals surface area contributed by atoms with E-state index < -0.39 is 0 Å². The minimum atomic E-state index is 0. The van der Waals surface area contributed by atoms with Crippen LogP contribution < -0.4 is 17.0 Å². The summed E-state index contributed by atoms with van der Waals surface area (Å²) in [5.74, 6) is 0. The van der Waals surface area contributed by atoms with Gasteiger partial charge in [0.2, 0.25) is 0 Å². The van der Waals surface area contributed by atoms with Crippen LogP contribution in [0.25, 0.3) is 0 Å². The van der Waals surface area contributed by atoms with E-state index in [1.807, 2.05) is 0 Å². The van der Waals surface area contributed by atoms with Crippen LogP contribution in [0.2, 0.25) is 0 Å². The van der Waals surface area contributed by atoms with E-state index in [-0.39, 0.29) is 17.0 Å². The highest BCUT2D eigenvalue weighted by atomic mass is 79.9. The second kappa shape index (κ2) is 27.0. The van der Waals surface area contributed by atoms with Crippen molar-refractivity contribution in [2.45, 2.75) is 180 Å². The Morgan fingerprint density at radius 2 is 0.576 bits per heavy atom. The van der Waals surface area contributed by atoms with Crippen LogP contribution in [0, 0.1) is 0 Å². The number of hydrogen-bond acceptors (Lipinski definition) is 0. The lowest BCUT2D eigenvalue weighted by atomic mass is 9.97. The van der Waals surface area contributed by atoms with E-state index in [0.717, 1.165) is 10.5 Å². The third kappa shape index (κ3) is 26.9. The minimum Gasteiger partial charge on any atom is -1.00 e. The van der Waals surface area contributed by atoms with Crippen molar-refractivity contribution in [3.8, 4) is 0 Å². The highest BCUT2D eigenvalue weighted by molar-refractivity contribution is 4.60. The molecular weight excluding hydrogens is 466 g/mol. The fraction of sp³-hybridized carbons (Fsp3) is 1.00. The minimum absolute atomic E-state index is 0. The second-order valence-electron chi connectivity index (χ2n) is 11.8. The van der Waals surface area contributed by atoms with Crippen LogP contribution in [-0.2, 0) is 0 Å². The van der Waals surface area contributed by atoms with Gasteiger partial charge in [0.1, 0.15) is 0 Å². The topological polar surface area (TPSA) is 0 Å². The summed E-state index contributed by atoms with van der Waals surface area (Å²) in [4.78, 5) is 0. The Balaban J connectivity index is 0. The molecule has 202 valence electrons. The molecule has 0 rings (SSSR count). The van der Waals surface area contributed by atoms with Gasteiger partial charge >= 0.3 is 0 Å². The van der Waals surface area contributed by atoms with Crippen molar-refractivity contribution in [1.82, 2.24) is 0 Å². The molecule has 0 amide bonds. The first-order valence-corrected chi connectivity index (χ1v) is 15.3. The molecule has 0 aromatic heterocycles. The molecule has 0 aliphatic carbocycles. The largest absolute Gasteiger partial charge is 1.00 e. The van der Waals surface area contributed by atoms with Gasteiger partial charge < -0.3 is 21.5 Å². The Morgan fingerprint density at radius 3 is 0.788 bits per heavy atom. The molecule has 0 radical (unpaired) electrons. The molecule has 0 bridgehead atoms. The molecule has 0 aliphatic rings. The van der Waals surface area contributed by atoms with Crippen molar-refractivity contribution < 1.29 is 21.5 Å². The van der Waals surface area contributed by atoms with E-state index in [1.165, 1.54) is 161 Å². The average Bonchev–Trinajstić information content (AvgIpc) is 2.75. The summed E-state index contributed by atoms with van der Waals surface area (Å²) in [6.45, 7) is 4.61. The lowest BCUT2D eigenvalue weighted by Gasteiger charge is -2.34. The van der Waals surface area contributed by atoms with E-state index in [0.29, 0.717) is 0 Å². The third-order valence-electron chi connectivity index (χ3n) is 7.63. The van der Waals surface area contributed by atoms with Crippen LogP contribution in [-0.4, -0.2) is 31.7 Å². The molecule has 0 saturated carbocycles. The third-order valence-corrected chi connectivity index (χ3v) is 7.63. The quantitative estimate of drug-likeness (QED) is 0.0786. The highest BCUT2D eigenvalue weighted by Gasteiger charge is 2.22. The number of hydrogen-bond donors (Lipinski definition) is 0. The van der Waals surface area contributed by atoms with Crippen molar-refractivity contribution in [3.63, 3.8) is 0 Å². The summed E-state index contributed by atoms with van der Waals surface area (Å²) in [5.41, 5.74) is 0. The summed E-state index contributed by atoms with van der Waals surface area (Å²) in [5, 5.41) is 0. The van der Waals surface area contributed by atoms with Crippen molar-refractivity contribution in [3.05, 3.63) is 0 Å². The maximum atomic E-state index is 2.42. The standard InChI is InChI=1S/C31H66N.BrH/c1-6-8-10-12-14-16-18-20-22-24-26-28-30-31(32(3,4)5)29-27-25-23-21-19-17-15-13-11-9-7-2;/h31H,6-30H2,1-5H3;1H/q+1;/p-1. The predicted molar refractivity (Wildman–Crippen MR) is 149 cm³/mol. The molecule has 1 atom stereocenters. The summed E-state index contributed by atoms with van der Waals surface area (Å²) >= 11 is 0. The summed E-state index contributed by atoms with van der Waals surface area (Å²) < 4.78 is 1.16. The number of unbranched alkanes of at least 4 members (excludes halogenated alkanes) is 21. The first-order chi connectivity index (χ1) is 15.5. The Hall–Kier alpha value is 0.440. The molecule has 0 fully saturated rings. The summed E-state index contributed by atoms with van der Waals surface area (Å²) in [6.07, 6.45) is 36.4. The van der Waals surface area contributed by atoms with Crippen LogP contribution in [0.1, 0.15) is 174 Å². The zero-order valence-corrected chi connectivity index (χ0v) is 25.7. The Bertz CT molecular complexity index is 349. The van der Waals surface area contributed by atoms with E-state index in [1.54, 1.807) is 0 Å². The van der Waals surface area contributed by atoms with E-state index in [4.69, 9.17) is 0 Å². The Kier molecular flexibility index (Phi) is 29.2. The molecule has 0 N–H and O–H groups in total. The maximum Gasteiger partial charge on any atom is 0.0884 e. The molecule has 0 aliphatic heterocycles. The number of nitrogens with zero attached hydrogens (tertiary/aromatic N) is 1. The fourth-order valence-corrected chi connectivity index (χ4v) is 5.18. The Morgan fingerprint density at radius 1 is 0.364 bits per heavy atom. The zero-order chi connectivity index (χ0) is 23.8. The first-order valence-electron chi connectivity index (χ1n) is 15.3. The van der Waals surface area contributed by atoms with E-state index in [2.05, 4.69) is 35.0 Å². The van der Waals surface area contributed by atoms with Crippen LogP contribution in [0.15, 0.2) is 0 Å². The van der Waals surface area contributed by atoms with Gasteiger partial charge in [-0.25, -0.2) is 0 Å². The lowest BCUT2D eigenvalue weighted by molar-refractivity contribution is -0.896. The van der Waals surface area contributed by atoms with Gasteiger partial charge in [0.15, 0.2) is 0 Å². The van der Waals surface area contributed by atoms with E-state index in [9.17, 15) is 0 Å². The normalized spacial score (nSPS) is 12.6. The van der Waals surface area contributed by atoms with E-state index >= 15 is 0 Å². The van der Waals surface area contributed by atoms with Crippen molar-refractivity contribution >= 4 is 0 Å². The van der Waals surface area contributed by atoms with Gasteiger partial charge in [-0.3, -0.25) is 0 Å². The monoisotopic (exact) mass is 531 g/mol. The maximum absolute atomic E-state index is 2.42. The van der Waals surface area contributed by atoms with Crippen molar-refractivity contribution in [1.29, 1.82) is 0 Å². The molecule has 1 unspecified atom stereocenters. The second-order valence-corrected chi connectivity index (χ2v) is 11.8. The van der Waals surface area contributed by atoms with Gasteiger partial charge in [-0.15, -0.1) is 0 Å². The summed E-state index contributed by atoms with van der Waals surface area (Å²) in [6, 6.07) is 0.872. The molecule has 0 aromatic carbocycles. The first kappa shape index (κ1) is 35.6. The van der Waals surface area contributed by atoms with Gasteiger partial charge in [-0.2, -0.15) is 0 Å². The van der Waals surface area contributed by atoms with Crippen LogP contribution >= 0.6 is 0 Å². The summed E-state index contributed by atoms with van der Waals surface area (Å²) in [7, 11) is 7.26. The number of quaternary nitrogens is 1. The number of halogens is 1. The molecule has 0 heterocycles. The zero-order valence-electron chi connectivity index (χ0n) is 24.1. The van der Waals surface area contributed by atoms with Crippen LogP contribution in [0.4, 0.5) is 0 Å². The van der Waals surface area contributed by atoms with Gasteiger partial charge in [-0.05, 0) is 25.7 Å². The average molecular weight is 533 g/mol. The van der Waals surface area contributed by atoms with Crippen LogP contribution in [0.3, 0.4) is 0 Å². The SMILES string of the molecule is CCCCCCCCCCCCCCC(CCCCCCCCCCCCC)[N+](C)(C)C.[Br-]. The molecule has 33 heavy (non-hydrogen) atoms. The van der Waals surface area contributed by atoms with Gasteiger partial charge in [0.25, 0.3) is 0 Å². The van der Waals surface area contributed by atoms with Gasteiger partial charge in [-0.1, -0.05) is 149 Å². The molecule has 0 saturated heterocycles. The van der Waals surface area contributed by atoms with Crippen molar-refractivity contribution in [2.24, 2.45) is 0 Å². The predicted octanol–water partition coefficient (Wildman–Crippen LogP) is 7.86. The molecule has 2 heteroatoms. The fourth-order valence-electron chi connectivity index (χ4n) is 5.18. The molecular formula is C31H66BrN. The number of rotatable bonds is 26. The lowest BCUT2D eigenvalue weighted by Crippen LogP contribution is -3.00. The Labute approximate surface area is 222 Å². The molecule has 0 aromatic rings. The highest BCUT2D eigenvalue weighted by Crippen LogP contribution is 2.21. The van der Waals surface area contributed by atoms with Crippen LogP contribution in [0.5, 0.6) is 0 Å². The molecule has 1 nitrogen and oxygen atoms in total. The van der Waals surface area contributed by atoms with Gasteiger partial charge in [0.05, 0.1) is 27.2 Å². The smallest absolute Gasteiger partial charge is 0.0884 e. The van der Waals surface area contributed by atoms with Crippen molar-refractivity contribution in [2.75, 3.05) is 21.1 Å².